The molecule has 5 heteroatoms. The van der Waals surface area contributed by atoms with Gasteiger partial charge >= 0.3 is 5.97 Å². The molecule has 0 saturated heterocycles. The number of pyridine rings is 1. The zero-order chi connectivity index (χ0) is 13.9. The summed E-state index contributed by atoms with van der Waals surface area (Å²) in [5, 5.41) is 9.82. The number of esters is 1. The van der Waals surface area contributed by atoms with Crippen LogP contribution >= 0.6 is 11.8 Å². The molecule has 2 rings (SSSR count). The Balaban J connectivity index is 2.01. The zero-order valence-corrected chi connectivity index (χ0v) is 11.9. The van der Waals surface area contributed by atoms with E-state index < -0.39 is 0 Å². The van der Waals surface area contributed by atoms with Crippen LogP contribution in [0.3, 0.4) is 0 Å². The van der Waals surface area contributed by atoms with Gasteiger partial charge in [0, 0.05) is 11.4 Å². The van der Waals surface area contributed by atoms with E-state index in [1.54, 1.807) is 17.8 Å². The van der Waals surface area contributed by atoms with Crippen LogP contribution in [0, 0.1) is 23.7 Å². The summed E-state index contributed by atoms with van der Waals surface area (Å²) in [6, 6.07) is 5.79. The van der Waals surface area contributed by atoms with Crippen molar-refractivity contribution in [1.82, 2.24) is 4.98 Å². The van der Waals surface area contributed by atoms with Crippen molar-refractivity contribution in [2.45, 2.75) is 31.2 Å². The molecule has 19 heavy (non-hydrogen) atoms. The number of nitriles is 1. The molecule has 0 aromatic carbocycles. The normalized spacial score (nSPS) is 15.6. The van der Waals surface area contributed by atoms with Gasteiger partial charge in [0.05, 0.1) is 19.1 Å². The topological polar surface area (TPSA) is 63.0 Å². The predicted octanol–water partition coefficient (Wildman–Crippen LogP) is 2.70. The Morgan fingerprint density at radius 2 is 2.32 bits per heavy atom. The highest BCUT2D eigenvalue weighted by Gasteiger charge is 2.44. The van der Waals surface area contributed by atoms with Crippen molar-refractivity contribution in [2.24, 2.45) is 5.41 Å². The van der Waals surface area contributed by atoms with Crippen molar-refractivity contribution >= 4 is 17.7 Å². The summed E-state index contributed by atoms with van der Waals surface area (Å²) < 4.78 is 4.73. The van der Waals surface area contributed by atoms with Gasteiger partial charge in [0.25, 0.3) is 0 Å². The van der Waals surface area contributed by atoms with Gasteiger partial charge in [-0.3, -0.25) is 4.79 Å². The van der Waals surface area contributed by atoms with Gasteiger partial charge in [-0.05, 0) is 37.3 Å². The van der Waals surface area contributed by atoms with Crippen molar-refractivity contribution in [1.29, 1.82) is 5.26 Å². The van der Waals surface area contributed by atoms with E-state index in [2.05, 4.69) is 11.1 Å². The zero-order valence-electron chi connectivity index (χ0n) is 11.1. The molecule has 0 amide bonds. The van der Waals surface area contributed by atoms with Crippen LogP contribution in [0.25, 0.3) is 0 Å². The summed E-state index contributed by atoms with van der Waals surface area (Å²) in [5.41, 5.74) is 1.56. The average molecular weight is 276 g/mol. The number of hydrogen-bond donors (Lipinski definition) is 0. The maximum absolute atomic E-state index is 11.4. The Morgan fingerprint density at radius 1 is 1.58 bits per heavy atom. The van der Waals surface area contributed by atoms with E-state index in [4.69, 9.17) is 10.00 Å². The first-order chi connectivity index (χ1) is 9.08. The second kappa shape index (κ2) is 5.62. The molecule has 1 aliphatic carbocycles. The number of hydrogen-bond acceptors (Lipinski definition) is 5. The lowest BCUT2D eigenvalue weighted by Crippen LogP contribution is -2.13. The number of aromatic nitrogens is 1. The summed E-state index contributed by atoms with van der Waals surface area (Å²) in [4.78, 5) is 15.8. The molecule has 0 spiro atoms. The summed E-state index contributed by atoms with van der Waals surface area (Å²) in [7, 11) is 1.42. The van der Waals surface area contributed by atoms with Crippen molar-refractivity contribution in [3.05, 3.63) is 23.4 Å². The Bertz CT molecular complexity index is 533. The number of nitrogens with zero attached hydrogens (tertiary/aromatic N) is 2. The third-order valence-corrected chi connectivity index (χ3v) is 4.68. The minimum absolute atomic E-state index is 0.0515. The van der Waals surface area contributed by atoms with E-state index in [9.17, 15) is 4.79 Å². The van der Waals surface area contributed by atoms with Crippen LogP contribution in [0.5, 0.6) is 0 Å². The molecule has 0 bridgehead atoms. The van der Waals surface area contributed by atoms with Gasteiger partial charge in [-0.25, -0.2) is 4.98 Å². The van der Waals surface area contributed by atoms with Crippen LogP contribution in [0.15, 0.2) is 17.2 Å². The van der Waals surface area contributed by atoms with Crippen molar-refractivity contribution in [3.8, 4) is 6.07 Å². The smallest absolute Gasteiger partial charge is 0.306 e. The first kappa shape index (κ1) is 13.9. The first-order valence-corrected chi connectivity index (χ1v) is 7.14. The van der Waals surface area contributed by atoms with E-state index in [0.717, 1.165) is 29.3 Å². The second-order valence-corrected chi connectivity index (χ2v) is 5.92. The van der Waals surface area contributed by atoms with Crippen molar-refractivity contribution < 1.29 is 9.53 Å². The third kappa shape index (κ3) is 3.48. The molecule has 1 aliphatic rings. The summed E-state index contributed by atoms with van der Waals surface area (Å²) in [6.07, 6.45) is 2.55. The van der Waals surface area contributed by atoms with E-state index in [0.29, 0.717) is 12.0 Å². The molecule has 1 aromatic heterocycles. The number of carbonyl (C=O) groups excluding carboxylic acids is 1. The fourth-order valence-electron chi connectivity index (χ4n) is 1.88. The van der Waals surface area contributed by atoms with Crippen molar-refractivity contribution in [3.63, 3.8) is 0 Å². The van der Waals surface area contributed by atoms with E-state index >= 15 is 0 Å². The van der Waals surface area contributed by atoms with Gasteiger partial charge < -0.3 is 4.74 Å². The minimum atomic E-state index is -0.157. The van der Waals surface area contributed by atoms with Gasteiger partial charge in [-0.2, -0.15) is 5.26 Å². The summed E-state index contributed by atoms with van der Waals surface area (Å²) in [6.45, 7) is 1.91. The van der Waals surface area contributed by atoms with E-state index in [1.165, 1.54) is 7.11 Å². The quantitative estimate of drug-likeness (QED) is 0.611. The molecular formula is C14H16N2O2S. The van der Waals surface area contributed by atoms with Crippen LogP contribution in [0.2, 0.25) is 0 Å². The molecule has 0 unspecified atom stereocenters. The fraction of sp³-hybridized carbons (Fsp3) is 0.500. The highest BCUT2D eigenvalue weighted by Crippen LogP contribution is 2.52. The van der Waals surface area contributed by atoms with Crippen LogP contribution in [0.1, 0.15) is 30.5 Å². The van der Waals surface area contributed by atoms with E-state index in [1.807, 2.05) is 13.0 Å². The highest BCUT2D eigenvalue weighted by atomic mass is 32.2. The van der Waals surface area contributed by atoms with Gasteiger partial charge in [-0.15, -0.1) is 11.8 Å². The highest BCUT2D eigenvalue weighted by molar-refractivity contribution is 7.99. The summed E-state index contributed by atoms with van der Waals surface area (Å²) >= 11 is 1.57. The average Bonchev–Trinajstić information content (AvgIpc) is 3.16. The number of rotatable bonds is 5. The van der Waals surface area contributed by atoms with Crippen LogP contribution < -0.4 is 0 Å². The van der Waals surface area contributed by atoms with Gasteiger partial charge in [0.2, 0.25) is 0 Å². The molecule has 1 saturated carbocycles. The molecule has 1 aromatic rings. The monoisotopic (exact) mass is 276 g/mol. The first-order valence-electron chi connectivity index (χ1n) is 6.16. The Labute approximate surface area is 117 Å². The van der Waals surface area contributed by atoms with Crippen LogP contribution in [0.4, 0.5) is 0 Å². The number of thioether (sulfide) groups is 1. The molecule has 4 nitrogen and oxygen atoms in total. The largest absolute Gasteiger partial charge is 0.469 e. The lowest BCUT2D eigenvalue weighted by molar-refractivity contribution is -0.141. The third-order valence-electron chi connectivity index (χ3n) is 3.34. The number of carbonyl (C=O) groups is 1. The van der Waals surface area contributed by atoms with Crippen LogP contribution in [-0.2, 0) is 9.53 Å². The molecule has 0 N–H and O–H groups in total. The Kier molecular flexibility index (Phi) is 4.11. The number of methoxy groups -OCH3 is 1. The molecule has 1 fully saturated rings. The predicted molar refractivity (Wildman–Crippen MR) is 72.7 cm³/mol. The van der Waals surface area contributed by atoms with Gasteiger partial charge in [0.1, 0.15) is 11.1 Å². The Hall–Kier alpha value is -1.54. The lowest BCUT2D eigenvalue weighted by Gasteiger charge is -2.13. The minimum Gasteiger partial charge on any atom is -0.469 e. The second-order valence-electron chi connectivity index (χ2n) is 4.96. The van der Waals surface area contributed by atoms with Crippen LogP contribution in [-0.4, -0.2) is 23.8 Å². The Morgan fingerprint density at radius 3 is 2.89 bits per heavy atom. The molecule has 1 heterocycles. The molecule has 0 aliphatic heterocycles. The van der Waals surface area contributed by atoms with Gasteiger partial charge in [0.15, 0.2) is 0 Å². The number of ether oxygens (including phenoxy) is 1. The number of aryl methyl sites for hydroxylation is 1. The molecule has 0 radical (unpaired) electrons. The SMILES string of the molecule is COC(=O)CC1(CSc2nc(C)ccc2C#N)CC1. The summed E-state index contributed by atoms with van der Waals surface area (Å²) in [5.74, 6) is 0.656. The molecular weight excluding hydrogens is 260 g/mol. The van der Waals surface area contributed by atoms with Gasteiger partial charge in [-0.1, -0.05) is 0 Å². The lowest BCUT2D eigenvalue weighted by atomic mass is 10.1. The maximum atomic E-state index is 11.4. The van der Waals surface area contributed by atoms with Crippen molar-refractivity contribution in [2.75, 3.05) is 12.9 Å². The van der Waals surface area contributed by atoms with E-state index in [-0.39, 0.29) is 11.4 Å². The molecule has 100 valence electrons. The standard InChI is InChI=1S/C14H16N2O2S/c1-10-3-4-11(8-15)13(16-10)19-9-14(5-6-14)7-12(17)18-2/h3-4H,5-7,9H2,1-2H3. The fourth-order valence-corrected chi connectivity index (χ4v) is 3.19. The molecule has 0 atom stereocenters. The maximum Gasteiger partial charge on any atom is 0.306 e.